The molecular weight excluding hydrogens is 791 g/mol. The summed E-state index contributed by atoms with van der Waals surface area (Å²) in [5, 5.41) is 23.3. The molecule has 0 aliphatic carbocycles. The van der Waals surface area contributed by atoms with Gasteiger partial charge in [0.05, 0.1) is 25.4 Å². The van der Waals surface area contributed by atoms with Gasteiger partial charge in [-0.25, -0.2) is 0 Å². The summed E-state index contributed by atoms with van der Waals surface area (Å²) in [6, 6.07) is -0.546. The van der Waals surface area contributed by atoms with Crippen LogP contribution in [0, 0.1) is 0 Å². The Kier molecular flexibility index (Phi) is 53.5. The van der Waals surface area contributed by atoms with Crippen LogP contribution in [0.3, 0.4) is 0 Å². The number of carbonyl (C=O) groups excluding carboxylic acids is 2. The minimum Gasteiger partial charge on any atom is -0.466 e. The van der Waals surface area contributed by atoms with Crippen molar-refractivity contribution in [2.45, 2.75) is 347 Å². The summed E-state index contributed by atoms with van der Waals surface area (Å²) in [6.07, 6.45) is 62.3. The second-order valence-electron chi connectivity index (χ2n) is 20.3. The van der Waals surface area contributed by atoms with Gasteiger partial charge in [0.2, 0.25) is 5.91 Å². The van der Waals surface area contributed by atoms with E-state index < -0.39 is 12.1 Å². The molecule has 0 aromatic rings. The topological polar surface area (TPSA) is 95.9 Å². The van der Waals surface area contributed by atoms with Crippen molar-refractivity contribution in [3.8, 4) is 0 Å². The van der Waals surface area contributed by atoms with E-state index >= 15 is 0 Å². The van der Waals surface area contributed by atoms with E-state index in [1.165, 1.54) is 257 Å². The van der Waals surface area contributed by atoms with Crippen LogP contribution >= 0.6 is 0 Å². The Balaban J connectivity index is 3.41. The van der Waals surface area contributed by atoms with E-state index in [2.05, 4.69) is 19.2 Å². The van der Waals surface area contributed by atoms with Crippen LogP contribution in [-0.4, -0.2) is 47.4 Å². The molecular formula is C58H115NO5. The van der Waals surface area contributed by atoms with Gasteiger partial charge in [-0.2, -0.15) is 0 Å². The molecule has 0 saturated carbocycles. The summed E-state index contributed by atoms with van der Waals surface area (Å²) < 4.78 is 5.48. The van der Waals surface area contributed by atoms with E-state index in [1.807, 2.05) is 0 Å². The van der Waals surface area contributed by atoms with Crippen molar-refractivity contribution in [1.82, 2.24) is 5.32 Å². The molecule has 0 aromatic carbocycles. The Labute approximate surface area is 400 Å². The normalized spacial score (nSPS) is 12.5. The number of ether oxygens (including phenoxy) is 1. The van der Waals surface area contributed by atoms with Gasteiger partial charge in [0.1, 0.15) is 0 Å². The van der Waals surface area contributed by atoms with Crippen molar-refractivity contribution in [3.05, 3.63) is 0 Å². The quantitative estimate of drug-likeness (QED) is 0.0417. The van der Waals surface area contributed by atoms with Crippen LogP contribution in [0.4, 0.5) is 0 Å². The minimum atomic E-state index is -0.669. The molecule has 6 nitrogen and oxygen atoms in total. The van der Waals surface area contributed by atoms with Crippen molar-refractivity contribution in [2.24, 2.45) is 0 Å². The monoisotopic (exact) mass is 906 g/mol. The first-order valence-corrected chi connectivity index (χ1v) is 29.3. The fourth-order valence-corrected chi connectivity index (χ4v) is 9.41. The van der Waals surface area contributed by atoms with E-state index in [9.17, 15) is 19.8 Å². The van der Waals surface area contributed by atoms with E-state index in [0.29, 0.717) is 25.9 Å². The number of hydrogen-bond donors (Lipinski definition) is 3. The van der Waals surface area contributed by atoms with Gasteiger partial charge in [-0.05, 0) is 25.7 Å². The highest BCUT2D eigenvalue weighted by Crippen LogP contribution is 2.18. The molecule has 0 bridgehead atoms. The van der Waals surface area contributed by atoms with Gasteiger partial charge < -0.3 is 20.3 Å². The first-order valence-electron chi connectivity index (χ1n) is 29.3. The van der Waals surface area contributed by atoms with Gasteiger partial charge in [0.25, 0.3) is 0 Å². The molecule has 0 aliphatic rings. The minimum absolute atomic E-state index is 0.00471. The number of aliphatic hydroxyl groups excluding tert-OH is 2. The average molecular weight is 907 g/mol. The lowest BCUT2D eigenvalue weighted by Gasteiger charge is -2.22. The fraction of sp³-hybridized carbons (Fsp3) is 0.966. The maximum Gasteiger partial charge on any atom is 0.305 e. The van der Waals surface area contributed by atoms with Crippen LogP contribution in [0.1, 0.15) is 335 Å². The van der Waals surface area contributed by atoms with Crippen molar-refractivity contribution >= 4 is 11.9 Å². The number of unbranched alkanes of at least 4 members (excludes halogenated alkanes) is 44. The maximum atomic E-state index is 12.5. The predicted octanol–water partition coefficient (Wildman–Crippen LogP) is 17.9. The largest absolute Gasteiger partial charge is 0.466 e. The Morgan fingerprint density at radius 1 is 0.375 bits per heavy atom. The summed E-state index contributed by atoms with van der Waals surface area (Å²) in [4.78, 5) is 24.5. The molecule has 0 spiro atoms. The van der Waals surface area contributed by atoms with Crippen LogP contribution in [0.2, 0.25) is 0 Å². The average Bonchev–Trinajstić information content (AvgIpc) is 3.29. The van der Waals surface area contributed by atoms with Gasteiger partial charge in [0.15, 0.2) is 0 Å². The van der Waals surface area contributed by atoms with Gasteiger partial charge in [-0.15, -0.1) is 0 Å². The van der Waals surface area contributed by atoms with Crippen LogP contribution in [0.5, 0.6) is 0 Å². The Hall–Kier alpha value is -1.14. The van der Waals surface area contributed by atoms with E-state index in [1.54, 1.807) is 0 Å². The highest BCUT2D eigenvalue weighted by molar-refractivity contribution is 5.76. The van der Waals surface area contributed by atoms with Crippen LogP contribution in [0.25, 0.3) is 0 Å². The first-order chi connectivity index (χ1) is 31.5. The SMILES string of the molecule is CCCCCCCCCCCCCCCCCCCC(O)C(CO)NC(=O)CCCCCCCCCCCCCCCCCOC(=O)CCCCCCCCCCCCCCCCC. The van der Waals surface area contributed by atoms with Gasteiger partial charge >= 0.3 is 5.97 Å². The predicted molar refractivity (Wildman–Crippen MR) is 278 cm³/mol. The van der Waals surface area contributed by atoms with E-state index in [4.69, 9.17) is 4.74 Å². The molecule has 2 unspecified atom stereocenters. The van der Waals surface area contributed by atoms with Gasteiger partial charge in [0, 0.05) is 12.8 Å². The molecule has 1 amide bonds. The Morgan fingerprint density at radius 2 is 0.641 bits per heavy atom. The van der Waals surface area contributed by atoms with Crippen LogP contribution < -0.4 is 5.32 Å². The number of rotatable bonds is 55. The van der Waals surface area contributed by atoms with Crippen molar-refractivity contribution < 1.29 is 24.5 Å². The number of esters is 1. The van der Waals surface area contributed by atoms with Crippen molar-refractivity contribution in [2.75, 3.05) is 13.2 Å². The third-order valence-corrected chi connectivity index (χ3v) is 13.9. The zero-order valence-electron chi connectivity index (χ0n) is 43.5. The van der Waals surface area contributed by atoms with E-state index in [0.717, 1.165) is 44.9 Å². The third-order valence-electron chi connectivity index (χ3n) is 13.9. The van der Waals surface area contributed by atoms with E-state index in [-0.39, 0.29) is 18.5 Å². The lowest BCUT2D eigenvalue weighted by Crippen LogP contribution is -2.45. The number of carbonyl (C=O) groups is 2. The van der Waals surface area contributed by atoms with Crippen molar-refractivity contribution in [3.63, 3.8) is 0 Å². The lowest BCUT2D eigenvalue weighted by atomic mass is 10.0. The van der Waals surface area contributed by atoms with Crippen LogP contribution in [0.15, 0.2) is 0 Å². The summed E-state index contributed by atoms with van der Waals surface area (Å²) in [5.41, 5.74) is 0. The Morgan fingerprint density at radius 3 is 0.953 bits per heavy atom. The zero-order valence-corrected chi connectivity index (χ0v) is 43.5. The summed E-state index contributed by atoms with van der Waals surface area (Å²) in [7, 11) is 0. The molecule has 0 saturated heterocycles. The molecule has 382 valence electrons. The molecule has 0 fully saturated rings. The standard InChI is InChI=1S/C58H115NO5/c1-3-5-7-9-11-13-15-17-19-20-23-26-30-34-38-42-46-50-56(61)55(54-60)59-57(62)51-47-43-39-35-31-27-24-21-25-29-33-37-41-45-49-53-64-58(63)52-48-44-40-36-32-28-22-18-16-14-12-10-8-6-4-2/h55-56,60-61H,3-54H2,1-2H3,(H,59,62). The van der Waals surface area contributed by atoms with Crippen molar-refractivity contribution in [1.29, 1.82) is 0 Å². The summed E-state index contributed by atoms with van der Waals surface area (Å²) in [6.45, 7) is 4.97. The fourth-order valence-electron chi connectivity index (χ4n) is 9.41. The molecule has 2 atom stereocenters. The van der Waals surface area contributed by atoms with Crippen LogP contribution in [-0.2, 0) is 14.3 Å². The number of hydrogen-bond acceptors (Lipinski definition) is 5. The summed E-state index contributed by atoms with van der Waals surface area (Å²) >= 11 is 0. The number of aliphatic hydroxyl groups is 2. The second-order valence-corrected chi connectivity index (χ2v) is 20.3. The molecule has 0 aromatic heterocycles. The Bertz CT molecular complexity index is 913. The second kappa shape index (κ2) is 54.5. The third kappa shape index (κ3) is 50.3. The highest BCUT2D eigenvalue weighted by atomic mass is 16.5. The molecule has 6 heteroatoms. The zero-order chi connectivity index (χ0) is 46.5. The van der Waals surface area contributed by atoms with Gasteiger partial charge in [-0.1, -0.05) is 296 Å². The number of amides is 1. The summed E-state index contributed by atoms with van der Waals surface area (Å²) in [5.74, 6) is -0.0352. The maximum absolute atomic E-state index is 12.5. The molecule has 3 N–H and O–H groups in total. The molecule has 0 aliphatic heterocycles. The molecule has 64 heavy (non-hydrogen) atoms. The molecule has 0 rings (SSSR count). The smallest absolute Gasteiger partial charge is 0.305 e. The molecule has 0 radical (unpaired) electrons. The number of nitrogens with one attached hydrogen (secondary N) is 1. The lowest BCUT2D eigenvalue weighted by molar-refractivity contribution is -0.143. The highest BCUT2D eigenvalue weighted by Gasteiger charge is 2.20. The van der Waals surface area contributed by atoms with Gasteiger partial charge in [-0.3, -0.25) is 9.59 Å². The first kappa shape index (κ1) is 62.9. The molecule has 0 heterocycles.